The van der Waals surface area contributed by atoms with Crippen LogP contribution in [0.5, 0.6) is 0 Å². The van der Waals surface area contributed by atoms with E-state index in [9.17, 15) is 9.00 Å². The quantitative estimate of drug-likeness (QED) is 0.479. The Hall–Kier alpha value is -0.220. The van der Waals surface area contributed by atoms with Crippen molar-refractivity contribution in [1.82, 2.24) is 5.32 Å². The lowest BCUT2D eigenvalue weighted by molar-refractivity contribution is -0.107. The van der Waals surface area contributed by atoms with Gasteiger partial charge in [-0.1, -0.05) is 0 Å². The summed E-state index contributed by atoms with van der Waals surface area (Å²) in [5.41, 5.74) is 0. The first kappa shape index (κ1) is 6.89. The van der Waals surface area contributed by atoms with Gasteiger partial charge in [0.2, 0.25) is 0 Å². The van der Waals surface area contributed by atoms with E-state index in [0.717, 1.165) is 12.8 Å². The number of aldehydes is 1. The molecule has 1 aliphatic heterocycles. The molecule has 0 aromatic carbocycles. The van der Waals surface area contributed by atoms with Crippen molar-refractivity contribution in [3.05, 3.63) is 0 Å². The van der Waals surface area contributed by atoms with E-state index in [1.165, 1.54) is 0 Å². The topological polar surface area (TPSA) is 46.2 Å². The first-order chi connectivity index (χ1) is 4.34. The van der Waals surface area contributed by atoms with Gasteiger partial charge in [0.25, 0.3) is 0 Å². The van der Waals surface area contributed by atoms with Crippen LogP contribution in [0.3, 0.4) is 0 Å². The van der Waals surface area contributed by atoms with E-state index >= 15 is 0 Å². The normalized spacial score (nSPS) is 36.0. The summed E-state index contributed by atoms with van der Waals surface area (Å²) in [6.07, 6.45) is 0.766. The Balaban J connectivity index is 2.48. The van der Waals surface area contributed by atoms with Crippen LogP contribution in [0.15, 0.2) is 0 Å². The molecular formula is C5H9NO2S. The highest BCUT2D eigenvalue weighted by Gasteiger charge is 2.18. The van der Waals surface area contributed by atoms with E-state index in [0.29, 0.717) is 12.3 Å². The third-order valence-electron chi connectivity index (χ3n) is 1.31. The smallest absolute Gasteiger partial charge is 0.136 e. The van der Waals surface area contributed by atoms with Crippen molar-refractivity contribution >= 4 is 17.1 Å². The molecule has 3 nitrogen and oxygen atoms in total. The van der Waals surface area contributed by atoms with Crippen LogP contribution < -0.4 is 5.32 Å². The molecule has 9 heavy (non-hydrogen) atoms. The molecule has 0 spiro atoms. The lowest BCUT2D eigenvalue weighted by atomic mass is 10.4. The average molecular weight is 147 g/mol. The molecule has 0 bridgehead atoms. The summed E-state index contributed by atoms with van der Waals surface area (Å²) in [6.45, 7) is 1.35. The minimum absolute atomic E-state index is 0.265. The van der Waals surface area contributed by atoms with Crippen LogP contribution in [0.25, 0.3) is 0 Å². The third kappa shape index (κ3) is 1.59. The van der Waals surface area contributed by atoms with Crippen molar-refractivity contribution < 1.29 is 9.00 Å². The third-order valence-corrected chi connectivity index (χ3v) is 2.87. The second kappa shape index (κ2) is 3.08. The summed E-state index contributed by atoms with van der Waals surface area (Å²) in [4.78, 5) is 10.1. The molecular weight excluding hydrogens is 138 g/mol. The first-order valence-electron chi connectivity index (χ1n) is 2.88. The van der Waals surface area contributed by atoms with E-state index in [4.69, 9.17) is 0 Å². The average Bonchev–Trinajstić information content (AvgIpc) is 1.89. The van der Waals surface area contributed by atoms with Gasteiger partial charge < -0.3 is 10.1 Å². The highest BCUT2D eigenvalue weighted by atomic mass is 32.2. The predicted molar refractivity (Wildman–Crippen MR) is 35.7 cm³/mol. The molecule has 1 fully saturated rings. The van der Waals surface area contributed by atoms with Gasteiger partial charge in [0.05, 0.1) is 0 Å². The standard InChI is InChI=1S/C5H9NO2S/c7-4-5-3-6-1-2-9(5)8/h4-6H,1-3H2. The maximum Gasteiger partial charge on any atom is 0.136 e. The van der Waals surface area contributed by atoms with Crippen LogP contribution in [0.2, 0.25) is 0 Å². The minimum atomic E-state index is -0.909. The Morgan fingerprint density at radius 2 is 2.44 bits per heavy atom. The van der Waals surface area contributed by atoms with E-state index < -0.39 is 10.8 Å². The van der Waals surface area contributed by atoms with Crippen molar-refractivity contribution in [2.75, 3.05) is 18.8 Å². The van der Waals surface area contributed by atoms with E-state index in [1.54, 1.807) is 0 Å². The number of hydrogen-bond acceptors (Lipinski definition) is 3. The van der Waals surface area contributed by atoms with Crippen LogP contribution in [0, 0.1) is 0 Å². The fourth-order valence-electron chi connectivity index (χ4n) is 0.771. The van der Waals surface area contributed by atoms with E-state index in [2.05, 4.69) is 5.32 Å². The second-order valence-corrected chi connectivity index (χ2v) is 3.74. The summed E-state index contributed by atoms with van der Waals surface area (Å²) < 4.78 is 10.9. The van der Waals surface area contributed by atoms with Gasteiger partial charge in [-0.25, -0.2) is 0 Å². The SMILES string of the molecule is O=CC1CNCCS1=O. The molecule has 2 atom stereocenters. The molecule has 0 aliphatic carbocycles. The Labute approximate surface area is 56.3 Å². The van der Waals surface area contributed by atoms with Crippen molar-refractivity contribution in [3.8, 4) is 0 Å². The second-order valence-electron chi connectivity index (χ2n) is 1.96. The maximum absolute atomic E-state index is 10.9. The number of nitrogens with one attached hydrogen (secondary N) is 1. The molecule has 0 amide bonds. The number of carbonyl (C=O) groups is 1. The Kier molecular flexibility index (Phi) is 2.36. The molecule has 1 heterocycles. The summed E-state index contributed by atoms with van der Waals surface area (Å²) in [5, 5.41) is 2.73. The summed E-state index contributed by atoms with van der Waals surface area (Å²) in [6, 6.07) is 0. The lowest BCUT2D eigenvalue weighted by Gasteiger charge is -2.16. The number of carbonyl (C=O) groups excluding carboxylic acids is 1. The fraction of sp³-hybridized carbons (Fsp3) is 0.800. The molecule has 0 aromatic rings. The Morgan fingerprint density at radius 1 is 1.67 bits per heavy atom. The predicted octanol–water partition coefficient (Wildman–Crippen LogP) is -1.09. The van der Waals surface area contributed by atoms with Crippen molar-refractivity contribution in [2.45, 2.75) is 5.25 Å². The van der Waals surface area contributed by atoms with Gasteiger partial charge in [-0.3, -0.25) is 4.21 Å². The van der Waals surface area contributed by atoms with Crippen LogP contribution in [0.1, 0.15) is 0 Å². The molecule has 0 radical (unpaired) electrons. The van der Waals surface area contributed by atoms with Gasteiger partial charge in [0.15, 0.2) is 0 Å². The number of hydrogen-bond donors (Lipinski definition) is 1. The molecule has 0 aromatic heterocycles. The molecule has 2 unspecified atom stereocenters. The van der Waals surface area contributed by atoms with Crippen molar-refractivity contribution in [3.63, 3.8) is 0 Å². The lowest BCUT2D eigenvalue weighted by Crippen LogP contribution is -2.41. The monoisotopic (exact) mass is 147 g/mol. The fourth-order valence-corrected chi connectivity index (χ4v) is 1.85. The highest BCUT2D eigenvalue weighted by molar-refractivity contribution is 7.86. The van der Waals surface area contributed by atoms with Gasteiger partial charge in [-0.15, -0.1) is 0 Å². The highest BCUT2D eigenvalue weighted by Crippen LogP contribution is 1.96. The molecule has 0 saturated carbocycles. The van der Waals surface area contributed by atoms with Crippen molar-refractivity contribution in [1.29, 1.82) is 0 Å². The van der Waals surface area contributed by atoms with Gasteiger partial charge in [-0.05, 0) is 0 Å². The van der Waals surface area contributed by atoms with Crippen LogP contribution in [-0.4, -0.2) is 34.6 Å². The molecule has 1 rings (SSSR count). The number of rotatable bonds is 1. The molecule has 1 saturated heterocycles. The van der Waals surface area contributed by atoms with Crippen LogP contribution in [0.4, 0.5) is 0 Å². The van der Waals surface area contributed by atoms with Crippen molar-refractivity contribution in [2.24, 2.45) is 0 Å². The zero-order valence-electron chi connectivity index (χ0n) is 5.00. The largest absolute Gasteiger partial charge is 0.314 e. The van der Waals surface area contributed by atoms with Gasteiger partial charge >= 0.3 is 0 Å². The van der Waals surface area contributed by atoms with Gasteiger partial charge in [0, 0.05) is 29.6 Å². The molecule has 4 heteroatoms. The Morgan fingerprint density at radius 3 is 2.89 bits per heavy atom. The van der Waals surface area contributed by atoms with E-state index in [-0.39, 0.29) is 5.25 Å². The first-order valence-corrected chi connectivity index (χ1v) is 4.26. The Bertz CT molecular complexity index is 137. The molecule has 1 aliphatic rings. The summed E-state index contributed by atoms with van der Waals surface area (Å²) >= 11 is 0. The molecule has 52 valence electrons. The minimum Gasteiger partial charge on any atom is -0.314 e. The van der Waals surface area contributed by atoms with Crippen LogP contribution in [-0.2, 0) is 15.6 Å². The van der Waals surface area contributed by atoms with Gasteiger partial charge in [0.1, 0.15) is 11.5 Å². The zero-order valence-corrected chi connectivity index (χ0v) is 5.82. The maximum atomic E-state index is 10.9. The summed E-state index contributed by atoms with van der Waals surface area (Å²) in [5.74, 6) is 0.614. The summed E-state index contributed by atoms with van der Waals surface area (Å²) in [7, 11) is -0.909. The van der Waals surface area contributed by atoms with Crippen LogP contribution >= 0.6 is 0 Å². The van der Waals surface area contributed by atoms with E-state index in [1.807, 2.05) is 0 Å². The molecule has 1 N–H and O–H groups in total. The van der Waals surface area contributed by atoms with Gasteiger partial charge in [-0.2, -0.15) is 0 Å². The zero-order chi connectivity index (χ0) is 6.69.